The van der Waals surface area contributed by atoms with Crippen LogP contribution in [-0.2, 0) is 9.53 Å². The van der Waals surface area contributed by atoms with Crippen molar-refractivity contribution in [3.05, 3.63) is 24.3 Å². The molecule has 1 saturated heterocycles. The number of carbonyl (C=O) groups is 1. The van der Waals surface area contributed by atoms with Gasteiger partial charge in [-0.15, -0.1) is 0 Å². The van der Waals surface area contributed by atoms with Gasteiger partial charge in [-0.25, -0.2) is 0 Å². The number of hydrogen-bond donors (Lipinski definition) is 1. The molecule has 1 aromatic rings. The van der Waals surface area contributed by atoms with Crippen molar-refractivity contribution >= 4 is 11.6 Å². The van der Waals surface area contributed by atoms with Gasteiger partial charge in [0.2, 0.25) is 5.91 Å². The Morgan fingerprint density at radius 3 is 2.90 bits per heavy atom. The summed E-state index contributed by atoms with van der Waals surface area (Å²) in [6.45, 7) is 1.11. The lowest BCUT2D eigenvalue weighted by molar-refractivity contribution is -0.150. The van der Waals surface area contributed by atoms with Gasteiger partial charge in [-0.05, 0) is 25.0 Å². The molecule has 1 aliphatic rings. The van der Waals surface area contributed by atoms with E-state index >= 15 is 0 Å². The predicted molar refractivity (Wildman–Crippen MR) is 70.2 cm³/mol. The second kappa shape index (κ2) is 6.80. The van der Waals surface area contributed by atoms with Crippen molar-refractivity contribution < 1.29 is 27.4 Å². The third-order valence-corrected chi connectivity index (χ3v) is 2.94. The third-order valence-electron chi connectivity index (χ3n) is 2.94. The summed E-state index contributed by atoms with van der Waals surface area (Å²) in [4.78, 5) is 11.2. The number of benzene rings is 1. The highest BCUT2D eigenvalue weighted by atomic mass is 19.4. The predicted octanol–water partition coefficient (Wildman–Crippen LogP) is 3.14. The van der Waals surface area contributed by atoms with Crippen molar-refractivity contribution in [1.29, 1.82) is 0 Å². The van der Waals surface area contributed by atoms with Crippen LogP contribution in [0.4, 0.5) is 18.9 Å². The lowest BCUT2D eigenvalue weighted by atomic mass is 10.2. The van der Waals surface area contributed by atoms with E-state index in [1.54, 1.807) is 12.1 Å². The summed E-state index contributed by atoms with van der Waals surface area (Å²) in [6, 6.07) is 6.28. The van der Waals surface area contributed by atoms with Crippen molar-refractivity contribution in [2.45, 2.75) is 31.5 Å². The number of hydrogen-bond acceptors (Lipinski definition) is 3. The van der Waals surface area contributed by atoms with Gasteiger partial charge in [0.1, 0.15) is 18.8 Å². The molecule has 1 atom stereocenters. The van der Waals surface area contributed by atoms with Crippen molar-refractivity contribution in [1.82, 2.24) is 0 Å². The molecule has 4 nitrogen and oxygen atoms in total. The summed E-state index contributed by atoms with van der Waals surface area (Å²) in [5.41, 5.74) is 0.272. The summed E-state index contributed by atoms with van der Waals surface area (Å²) >= 11 is 0. The molecule has 7 heteroatoms. The van der Waals surface area contributed by atoms with Crippen molar-refractivity contribution in [2.75, 3.05) is 18.5 Å². The van der Waals surface area contributed by atoms with Gasteiger partial charge in [0, 0.05) is 18.4 Å². The van der Waals surface area contributed by atoms with Crippen LogP contribution in [0.1, 0.15) is 19.3 Å². The van der Waals surface area contributed by atoms with Gasteiger partial charge < -0.3 is 14.8 Å². The summed E-state index contributed by atoms with van der Waals surface area (Å²) < 4.78 is 47.2. The first-order chi connectivity index (χ1) is 9.92. The second-order valence-corrected chi connectivity index (χ2v) is 4.81. The zero-order valence-electron chi connectivity index (χ0n) is 11.3. The van der Waals surface area contributed by atoms with Gasteiger partial charge in [0.05, 0.1) is 6.10 Å². The minimum absolute atomic E-state index is 0.0495. The Morgan fingerprint density at radius 2 is 2.24 bits per heavy atom. The van der Waals surface area contributed by atoms with Crippen LogP contribution in [0.5, 0.6) is 5.75 Å². The number of carbonyl (C=O) groups excluding carboxylic acids is 1. The number of nitrogens with one attached hydrogen (secondary N) is 1. The van der Waals surface area contributed by atoms with E-state index in [0.717, 1.165) is 19.4 Å². The SMILES string of the molecule is O=C(CC(F)(F)F)Nc1cccc(OC[C@H]2CCCO2)c1. The molecule has 21 heavy (non-hydrogen) atoms. The van der Waals surface area contributed by atoms with Gasteiger partial charge >= 0.3 is 6.18 Å². The Hall–Kier alpha value is -1.76. The molecule has 1 amide bonds. The van der Waals surface area contributed by atoms with Crippen molar-refractivity contribution in [3.8, 4) is 5.75 Å². The van der Waals surface area contributed by atoms with Crippen LogP contribution in [0.3, 0.4) is 0 Å². The number of halogens is 3. The molecule has 0 bridgehead atoms. The zero-order chi connectivity index (χ0) is 15.3. The maximum Gasteiger partial charge on any atom is 0.397 e. The fourth-order valence-electron chi connectivity index (χ4n) is 2.02. The first kappa shape index (κ1) is 15.6. The summed E-state index contributed by atoms with van der Waals surface area (Å²) in [7, 11) is 0. The standard InChI is InChI=1S/C14H16F3NO3/c15-14(16,17)8-13(19)18-10-3-1-4-11(7-10)21-9-12-5-2-6-20-12/h1,3-4,7,12H,2,5-6,8-9H2,(H,18,19)/t12-/m1/s1. The molecule has 1 N–H and O–H groups in total. The molecule has 1 fully saturated rings. The topological polar surface area (TPSA) is 47.6 Å². The van der Waals surface area contributed by atoms with Crippen LogP contribution < -0.4 is 10.1 Å². The van der Waals surface area contributed by atoms with Gasteiger partial charge in [-0.2, -0.15) is 13.2 Å². The maximum atomic E-state index is 12.1. The largest absolute Gasteiger partial charge is 0.491 e. The Morgan fingerprint density at radius 1 is 1.43 bits per heavy atom. The molecule has 1 heterocycles. The van der Waals surface area contributed by atoms with E-state index in [1.165, 1.54) is 12.1 Å². The van der Waals surface area contributed by atoms with E-state index in [9.17, 15) is 18.0 Å². The molecule has 0 aliphatic carbocycles. The monoisotopic (exact) mass is 303 g/mol. The van der Waals surface area contributed by atoms with Gasteiger partial charge in [-0.1, -0.05) is 6.07 Å². The van der Waals surface area contributed by atoms with Gasteiger partial charge in [0.15, 0.2) is 0 Å². The fourth-order valence-corrected chi connectivity index (χ4v) is 2.02. The third kappa shape index (κ3) is 5.63. The smallest absolute Gasteiger partial charge is 0.397 e. The van der Waals surface area contributed by atoms with Gasteiger partial charge in [0.25, 0.3) is 0 Å². The highest BCUT2D eigenvalue weighted by molar-refractivity contribution is 5.91. The van der Waals surface area contributed by atoms with E-state index in [2.05, 4.69) is 5.32 Å². The normalized spacial score (nSPS) is 18.5. The first-order valence-electron chi connectivity index (χ1n) is 6.63. The number of ether oxygens (including phenoxy) is 2. The fraction of sp³-hybridized carbons (Fsp3) is 0.500. The van der Waals surface area contributed by atoms with Crippen molar-refractivity contribution in [2.24, 2.45) is 0 Å². The Kier molecular flexibility index (Phi) is 5.06. The van der Waals surface area contributed by atoms with Gasteiger partial charge in [-0.3, -0.25) is 4.79 Å². The molecular weight excluding hydrogens is 287 g/mol. The number of amides is 1. The first-order valence-corrected chi connectivity index (χ1v) is 6.63. The molecule has 1 aliphatic heterocycles. The molecule has 0 radical (unpaired) electrons. The van der Waals surface area contributed by atoms with Crippen molar-refractivity contribution in [3.63, 3.8) is 0 Å². The maximum absolute atomic E-state index is 12.1. The molecule has 0 aromatic heterocycles. The van der Waals surface area contributed by atoms with Crippen LogP contribution in [-0.4, -0.2) is 31.4 Å². The van der Waals surface area contributed by atoms with E-state index in [0.29, 0.717) is 12.4 Å². The molecule has 0 spiro atoms. The average Bonchev–Trinajstić information content (AvgIpc) is 2.87. The quantitative estimate of drug-likeness (QED) is 0.909. The lowest BCUT2D eigenvalue weighted by Crippen LogP contribution is -2.21. The average molecular weight is 303 g/mol. The van der Waals surface area contributed by atoms with E-state index in [1.807, 2.05) is 0 Å². The second-order valence-electron chi connectivity index (χ2n) is 4.81. The minimum atomic E-state index is -4.52. The molecule has 116 valence electrons. The minimum Gasteiger partial charge on any atom is -0.491 e. The highest BCUT2D eigenvalue weighted by Gasteiger charge is 2.31. The Labute approximate surface area is 120 Å². The molecule has 0 saturated carbocycles. The molecule has 2 rings (SSSR count). The van der Waals surface area contributed by atoms with Crippen LogP contribution in [0, 0.1) is 0 Å². The summed E-state index contributed by atoms with van der Waals surface area (Å²) in [5, 5.41) is 2.20. The van der Waals surface area contributed by atoms with Crippen LogP contribution in [0.2, 0.25) is 0 Å². The van der Waals surface area contributed by atoms with Crippen LogP contribution in [0.25, 0.3) is 0 Å². The highest BCUT2D eigenvalue weighted by Crippen LogP contribution is 2.22. The number of rotatable bonds is 5. The summed E-state index contributed by atoms with van der Waals surface area (Å²) in [5.74, 6) is -0.617. The van der Waals surface area contributed by atoms with E-state index in [4.69, 9.17) is 9.47 Å². The Balaban J connectivity index is 1.86. The van der Waals surface area contributed by atoms with Crippen LogP contribution in [0.15, 0.2) is 24.3 Å². The van der Waals surface area contributed by atoms with E-state index in [-0.39, 0.29) is 11.8 Å². The number of alkyl halides is 3. The Bertz CT molecular complexity index is 485. The van der Waals surface area contributed by atoms with E-state index < -0.39 is 18.5 Å². The molecule has 0 unspecified atom stereocenters. The molecular formula is C14H16F3NO3. The zero-order valence-corrected chi connectivity index (χ0v) is 11.3. The number of anilines is 1. The van der Waals surface area contributed by atoms with Crippen LogP contribution >= 0.6 is 0 Å². The lowest BCUT2D eigenvalue weighted by Gasteiger charge is -2.13. The summed E-state index contributed by atoms with van der Waals surface area (Å²) in [6.07, 6.45) is -4.04. The molecule has 1 aromatic carbocycles.